The van der Waals surface area contributed by atoms with Crippen molar-refractivity contribution in [3.05, 3.63) is 52.8 Å². The lowest BCUT2D eigenvalue weighted by molar-refractivity contribution is 0.171. The molecule has 2 heterocycles. The van der Waals surface area contributed by atoms with Crippen LogP contribution in [0.4, 0.5) is 0 Å². The van der Waals surface area contributed by atoms with E-state index in [0.717, 1.165) is 48.9 Å². The van der Waals surface area contributed by atoms with E-state index in [1.54, 1.807) is 6.20 Å². The van der Waals surface area contributed by atoms with Crippen molar-refractivity contribution in [1.29, 1.82) is 0 Å². The van der Waals surface area contributed by atoms with Crippen LogP contribution in [0.25, 0.3) is 0 Å². The number of aliphatic imine (C=N–C) groups is 1. The highest BCUT2D eigenvalue weighted by atomic mass is 127. The maximum absolute atomic E-state index is 6.30. The first-order valence-electron chi connectivity index (χ1n) is 9.26. The largest absolute Gasteiger partial charge is 0.486 e. The third kappa shape index (κ3) is 6.70. The molecule has 0 unspecified atom stereocenters. The number of guanidine groups is 1. The minimum atomic E-state index is 0. The SMILES string of the molecule is CCNC(=NCCc1ccccn1)NCCc1cc(Cl)c2c(c1)OCCO2.I. The van der Waals surface area contributed by atoms with Gasteiger partial charge in [0.1, 0.15) is 13.2 Å². The number of hydrogen-bond acceptors (Lipinski definition) is 4. The standard InChI is InChI=1S/C20H25ClN4O2.HI/c1-2-22-20(25-10-7-16-5-3-4-8-23-16)24-9-6-15-13-17(21)19-18(14-15)26-11-12-27-19;/h3-5,8,13-14H,2,6-7,9-12H2,1H3,(H2,22,24,25);1H. The molecule has 0 spiro atoms. The second-order valence-corrected chi connectivity index (χ2v) is 6.52. The van der Waals surface area contributed by atoms with Crippen molar-refractivity contribution in [2.24, 2.45) is 4.99 Å². The van der Waals surface area contributed by atoms with E-state index in [1.807, 2.05) is 30.3 Å². The van der Waals surface area contributed by atoms with Crippen LogP contribution in [-0.2, 0) is 12.8 Å². The van der Waals surface area contributed by atoms with Gasteiger partial charge in [-0.15, -0.1) is 24.0 Å². The van der Waals surface area contributed by atoms with Crippen LogP contribution >= 0.6 is 35.6 Å². The van der Waals surface area contributed by atoms with Gasteiger partial charge in [-0.05, 0) is 43.2 Å². The van der Waals surface area contributed by atoms with Gasteiger partial charge in [-0.25, -0.2) is 0 Å². The summed E-state index contributed by atoms with van der Waals surface area (Å²) in [5.74, 6) is 2.17. The Balaban J connectivity index is 0.00000280. The number of ether oxygens (including phenoxy) is 2. The van der Waals surface area contributed by atoms with E-state index in [0.29, 0.717) is 30.5 Å². The van der Waals surface area contributed by atoms with E-state index in [-0.39, 0.29) is 24.0 Å². The van der Waals surface area contributed by atoms with Crippen LogP contribution in [0.3, 0.4) is 0 Å². The summed E-state index contributed by atoms with van der Waals surface area (Å²) >= 11 is 6.30. The molecule has 2 aromatic rings. The number of hydrogen-bond donors (Lipinski definition) is 2. The zero-order chi connectivity index (χ0) is 18.9. The number of benzene rings is 1. The number of aromatic nitrogens is 1. The zero-order valence-corrected chi connectivity index (χ0v) is 19.0. The Morgan fingerprint density at radius 2 is 2.04 bits per heavy atom. The van der Waals surface area contributed by atoms with E-state index in [9.17, 15) is 0 Å². The van der Waals surface area contributed by atoms with Gasteiger partial charge in [0.15, 0.2) is 17.5 Å². The molecule has 1 aromatic carbocycles. The molecule has 152 valence electrons. The van der Waals surface area contributed by atoms with Gasteiger partial charge in [-0.1, -0.05) is 17.7 Å². The highest BCUT2D eigenvalue weighted by Gasteiger charge is 2.16. The third-order valence-corrected chi connectivity index (χ3v) is 4.35. The normalized spacial score (nSPS) is 12.9. The number of fused-ring (bicyclic) bond motifs is 1. The molecule has 0 atom stereocenters. The average molecular weight is 517 g/mol. The van der Waals surface area contributed by atoms with Crippen molar-refractivity contribution < 1.29 is 9.47 Å². The van der Waals surface area contributed by atoms with Crippen LogP contribution in [0.5, 0.6) is 11.5 Å². The van der Waals surface area contributed by atoms with Crippen molar-refractivity contribution in [1.82, 2.24) is 15.6 Å². The Labute approximate surface area is 188 Å². The zero-order valence-electron chi connectivity index (χ0n) is 15.9. The van der Waals surface area contributed by atoms with Gasteiger partial charge in [-0.3, -0.25) is 9.98 Å². The van der Waals surface area contributed by atoms with Crippen molar-refractivity contribution >= 4 is 41.5 Å². The fourth-order valence-corrected chi connectivity index (χ4v) is 3.09. The molecule has 1 aromatic heterocycles. The summed E-state index contributed by atoms with van der Waals surface area (Å²) in [6.07, 6.45) is 3.43. The Bertz CT molecular complexity index is 774. The molecule has 3 rings (SSSR count). The number of nitrogens with zero attached hydrogens (tertiary/aromatic N) is 2. The molecule has 8 heteroatoms. The Morgan fingerprint density at radius 3 is 2.82 bits per heavy atom. The minimum Gasteiger partial charge on any atom is -0.486 e. The molecule has 0 saturated carbocycles. The van der Waals surface area contributed by atoms with E-state index >= 15 is 0 Å². The van der Waals surface area contributed by atoms with Crippen LogP contribution in [0.1, 0.15) is 18.2 Å². The van der Waals surface area contributed by atoms with E-state index in [1.165, 1.54) is 0 Å². The number of pyridine rings is 1. The summed E-state index contributed by atoms with van der Waals surface area (Å²) in [5.41, 5.74) is 2.14. The molecule has 0 saturated heterocycles. The maximum atomic E-state index is 6.30. The lowest BCUT2D eigenvalue weighted by Crippen LogP contribution is -2.38. The van der Waals surface area contributed by atoms with Crippen LogP contribution in [0, 0.1) is 0 Å². The topological polar surface area (TPSA) is 67.8 Å². The van der Waals surface area contributed by atoms with Gasteiger partial charge in [0.2, 0.25) is 0 Å². The van der Waals surface area contributed by atoms with Crippen LogP contribution in [0.15, 0.2) is 41.5 Å². The molecule has 0 amide bonds. The minimum absolute atomic E-state index is 0. The van der Waals surface area contributed by atoms with Crippen LogP contribution in [0.2, 0.25) is 5.02 Å². The second kappa shape index (κ2) is 12.0. The molecule has 28 heavy (non-hydrogen) atoms. The van der Waals surface area contributed by atoms with Gasteiger partial charge in [0, 0.05) is 37.9 Å². The number of nitrogens with one attached hydrogen (secondary N) is 2. The van der Waals surface area contributed by atoms with E-state index < -0.39 is 0 Å². The number of rotatable bonds is 7. The molecule has 0 radical (unpaired) electrons. The van der Waals surface area contributed by atoms with Crippen molar-refractivity contribution in [2.75, 3.05) is 32.8 Å². The predicted octanol–water partition coefficient (Wildman–Crippen LogP) is 3.46. The molecule has 0 bridgehead atoms. The monoisotopic (exact) mass is 516 g/mol. The molecule has 0 fully saturated rings. The molecule has 6 nitrogen and oxygen atoms in total. The molecule has 2 N–H and O–H groups in total. The highest BCUT2D eigenvalue weighted by molar-refractivity contribution is 14.0. The summed E-state index contributed by atoms with van der Waals surface area (Å²) in [7, 11) is 0. The first-order valence-corrected chi connectivity index (χ1v) is 9.64. The molecule has 1 aliphatic heterocycles. The Kier molecular flexibility index (Phi) is 9.63. The summed E-state index contributed by atoms with van der Waals surface area (Å²) in [6.45, 7) is 5.38. The summed E-state index contributed by atoms with van der Waals surface area (Å²) in [6, 6.07) is 9.85. The van der Waals surface area contributed by atoms with Gasteiger partial charge < -0.3 is 20.1 Å². The van der Waals surface area contributed by atoms with Crippen LogP contribution in [-0.4, -0.2) is 43.8 Å². The number of halogens is 2. The third-order valence-electron chi connectivity index (χ3n) is 4.07. The summed E-state index contributed by atoms with van der Waals surface area (Å²) in [4.78, 5) is 8.93. The summed E-state index contributed by atoms with van der Waals surface area (Å²) < 4.78 is 11.2. The van der Waals surface area contributed by atoms with Crippen LogP contribution < -0.4 is 20.1 Å². The first kappa shape index (κ1) is 22.5. The molecular formula is C20H26ClIN4O2. The summed E-state index contributed by atoms with van der Waals surface area (Å²) in [5, 5.41) is 7.22. The Hall–Kier alpha value is -1.74. The maximum Gasteiger partial charge on any atom is 0.191 e. The quantitative estimate of drug-likeness (QED) is 0.335. The van der Waals surface area contributed by atoms with Crippen molar-refractivity contribution in [3.8, 4) is 11.5 Å². The van der Waals surface area contributed by atoms with Gasteiger partial charge in [0.25, 0.3) is 0 Å². The van der Waals surface area contributed by atoms with E-state index in [2.05, 4.69) is 27.5 Å². The van der Waals surface area contributed by atoms with Gasteiger partial charge >= 0.3 is 0 Å². The smallest absolute Gasteiger partial charge is 0.191 e. The van der Waals surface area contributed by atoms with Gasteiger partial charge in [0.05, 0.1) is 5.02 Å². The molecular weight excluding hydrogens is 491 g/mol. The lowest BCUT2D eigenvalue weighted by atomic mass is 10.1. The van der Waals surface area contributed by atoms with Crippen molar-refractivity contribution in [3.63, 3.8) is 0 Å². The second-order valence-electron chi connectivity index (χ2n) is 6.11. The van der Waals surface area contributed by atoms with E-state index in [4.69, 9.17) is 21.1 Å². The fraction of sp³-hybridized carbons (Fsp3) is 0.400. The fourth-order valence-electron chi connectivity index (χ4n) is 2.80. The highest BCUT2D eigenvalue weighted by Crippen LogP contribution is 2.38. The lowest BCUT2D eigenvalue weighted by Gasteiger charge is -2.20. The predicted molar refractivity (Wildman–Crippen MR) is 123 cm³/mol. The Morgan fingerprint density at radius 1 is 1.18 bits per heavy atom. The molecule has 0 aliphatic carbocycles. The van der Waals surface area contributed by atoms with Gasteiger partial charge in [-0.2, -0.15) is 0 Å². The molecule has 1 aliphatic rings. The first-order chi connectivity index (χ1) is 13.3. The average Bonchev–Trinajstić information content (AvgIpc) is 2.69. The van der Waals surface area contributed by atoms with Crippen molar-refractivity contribution in [2.45, 2.75) is 19.8 Å².